The summed E-state index contributed by atoms with van der Waals surface area (Å²) in [6.45, 7) is 2.40. The maximum atomic E-state index is 14.1. The minimum atomic E-state index is -4.38. The van der Waals surface area contributed by atoms with Crippen molar-refractivity contribution in [3.05, 3.63) is 29.6 Å². The molecular weight excluding hydrogens is 423 g/mol. The monoisotopic (exact) mass is 449 g/mol. The number of piperidine rings is 1. The zero-order valence-corrected chi connectivity index (χ0v) is 17.7. The van der Waals surface area contributed by atoms with Crippen molar-refractivity contribution in [1.82, 2.24) is 4.31 Å². The standard InChI is InChI=1S/C20H26F3NO5S/c1-2-28-19(25)20(13-14-5-3-4-10-29-14)6-8-24(9-7-20)30(26,27)18-12-16(22)15(21)11-17(18)23/h11-12,14H,2-10,13H2,1H3/t14-/m0/s1. The van der Waals surface area contributed by atoms with Crippen molar-refractivity contribution in [3.63, 3.8) is 0 Å². The zero-order chi connectivity index (χ0) is 21.9. The van der Waals surface area contributed by atoms with Crippen LogP contribution in [0.3, 0.4) is 0 Å². The van der Waals surface area contributed by atoms with Crippen LogP contribution in [0.25, 0.3) is 0 Å². The zero-order valence-electron chi connectivity index (χ0n) is 16.8. The average Bonchev–Trinajstić information content (AvgIpc) is 2.72. The summed E-state index contributed by atoms with van der Waals surface area (Å²) < 4.78 is 78.5. The third-order valence-electron chi connectivity index (χ3n) is 5.87. The van der Waals surface area contributed by atoms with Crippen molar-refractivity contribution >= 4 is 16.0 Å². The number of carbonyl (C=O) groups is 1. The van der Waals surface area contributed by atoms with E-state index in [-0.39, 0.29) is 44.7 Å². The second-order valence-corrected chi connectivity index (χ2v) is 9.70. The maximum Gasteiger partial charge on any atom is 0.312 e. The maximum absolute atomic E-state index is 14.1. The predicted molar refractivity (Wildman–Crippen MR) is 102 cm³/mol. The molecule has 2 saturated heterocycles. The summed E-state index contributed by atoms with van der Waals surface area (Å²) in [5.74, 6) is -4.65. The molecule has 0 unspecified atom stereocenters. The number of ether oxygens (including phenoxy) is 2. The topological polar surface area (TPSA) is 72.9 Å². The fourth-order valence-electron chi connectivity index (χ4n) is 4.18. The molecule has 2 aliphatic rings. The molecule has 0 N–H and O–H groups in total. The number of carbonyl (C=O) groups excluding carboxylic acids is 1. The van der Waals surface area contributed by atoms with E-state index in [9.17, 15) is 26.4 Å². The third-order valence-corrected chi connectivity index (χ3v) is 7.79. The SMILES string of the molecule is CCOC(=O)C1(C[C@@H]2CCCCO2)CCN(S(=O)(=O)c2cc(F)c(F)cc2F)CC1. The van der Waals surface area contributed by atoms with Gasteiger partial charge in [-0.05, 0) is 51.5 Å². The van der Waals surface area contributed by atoms with Crippen molar-refractivity contribution < 1.29 is 35.9 Å². The van der Waals surface area contributed by atoms with Crippen LogP contribution in [0.4, 0.5) is 13.2 Å². The molecular formula is C20H26F3NO5S. The van der Waals surface area contributed by atoms with E-state index in [1.54, 1.807) is 6.92 Å². The lowest BCUT2D eigenvalue weighted by Crippen LogP contribution is -2.49. The molecule has 10 heteroatoms. The summed E-state index contributed by atoms with van der Waals surface area (Å²) in [7, 11) is -4.38. The summed E-state index contributed by atoms with van der Waals surface area (Å²) in [4.78, 5) is 11.8. The largest absolute Gasteiger partial charge is 0.466 e. The van der Waals surface area contributed by atoms with Gasteiger partial charge in [0.1, 0.15) is 10.7 Å². The normalized spacial score (nSPS) is 22.6. The van der Waals surface area contributed by atoms with E-state index < -0.39 is 43.8 Å². The molecule has 0 bridgehead atoms. The van der Waals surface area contributed by atoms with E-state index >= 15 is 0 Å². The highest BCUT2D eigenvalue weighted by atomic mass is 32.2. The molecule has 0 radical (unpaired) electrons. The van der Waals surface area contributed by atoms with Gasteiger partial charge < -0.3 is 9.47 Å². The first-order valence-corrected chi connectivity index (χ1v) is 11.6. The summed E-state index contributed by atoms with van der Waals surface area (Å²) in [5.41, 5.74) is -0.892. The molecule has 1 atom stereocenters. The van der Waals surface area contributed by atoms with Gasteiger partial charge in [-0.1, -0.05) is 0 Å². The van der Waals surface area contributed by atoms with Gasteiger partial charge in [0.25, 0.3) is 0 Å². The van der Waals surface area contributed by atoms with E-state index in [4.69, 9.17) is 9.47 Å². The van der Waals surface area contributed by atoms with Gasteiger partial charge in [0.05, 0.1) is 18.1 Å². The summed E-state index contributed by atoms with van der Waals surface area (Å²) in [5, 5.41) is 0. The Bertz CT molecular complexity index is 879. The third kappa shape index (κ3) is 4.65. The minimum absolute atomic E-state index is 0.0632. The van der Waals surface area contributed by atoms with Crippen LogP contribution < -0.4 is 0 Å². The van der Waals surface area contributed by atoms with Crippen LogP contribution >= 0.6 is 0 Å². The van der Waals surface area contributed by atoms with Crippen molar-refractivity contribution in [2.45, 2.75) is 56.4 Å². The lowest BCUT2D eigenvalue weighted by Gasteiger charge is -2.41. The number of hydrogen-bond acceptors (Lipinski definition) is 5. The molecule has 0 saturated carbocycles. The Balaban J connectivity index is 1.80. The second-order valence-electron chi connectivity index (χ2n) is 7.79. The predicted octanol–water partition coefficient (Wildman–Crippen LogP) is 3.40. The van der Waals surface area contributed by atoms with Gasteiger partial charge in [0.2, 0.25) is 10.0 Å². The number of nitrogens with zero attached hydrogens (tertiary/aromatic N) is 1. The molecule has 2 aliphatic heterocycles. The summed E-state index contributed by atoms with van der Waals surface area (Å²) in [6.07, 6.45) is 3.47. The van der Waals surface area contributed by atoms with Crippen LogP contribution in [0.2, 0.25) is 0 Å². The van der Waals surface area contributed by atoms with Crippen LogP contribution in [0.15, 0.2) is 17.0 Å². The van der Waals surface area contributed by atoms with E-state index in [1.165, 1.54) is 0 Å². The highest BCUT2D eigenvalue weighted by Crippen LogP contribution is 2.41. The summed E-state index contributed by atoms with van der Waals surface area (Å²) >= 11 is 0. The number of hydrogen-bond donors (Lipinski definition) is 0. The van der Waals surface area contributed by atoms with Gasteiger partial charge in [-0.15, -0.1) is 0 Å². The number of halogens is 3. The molecule has 1 aromatic rings. The molecule has 2 fully saturated rings. The molecule has 6 nitrogen and oxygen atoms in total. The van der Waals surface area contributed by atoms with Crippen molar-refractivity contribution in [2.24, 2.45) is 5.41 Å². The molecule has 3 rings (SSSR count). The highest BCUT2D eigenvalue weighted by Gasteiger charge is 2.47. The first-order chi connectivity index (χ1) is 14.2. The van der Waals surface area contributed by atoms with E-state index in [1.807, 2.05) is 0 Å². The molecule has 0 spiro atoms. The Hall–Kier alpha value is -1.65. The Morgan fingerprint density at radius 3 is 2.43 bits per heavy atom. The molecule has 30 heavy (non-hydrogen) atoms. The van der Waals surface area contributed by atoms with Crippen molar-refractivity contribution in [1.29, 1.82) is 0 Å². The quantitative estimate of drug-likeness (QED) is 0.492. The molecule has 0 aromatic heterocycles. The smallest absolute Gasteiger partial charge is 0.312 e. The van der Waals surface area contributed by atoms with Gasteiger partial charge >= 0.3 is 5.97 Å². The number of rotatable bonds is 6. The fraction of sp³-hybridized carbons (Fsp3) is 0.650. The number of benzene rings is 1. The lowest BCUT2D eigenvalue weighted by atomic mass is 9.73. The molecule has 168 valence electrons. The molecule has 1 aromatic carbocycles. The van der Waals surface area contributed by atoms with Crippen molar-refractivity contribution in [2.75, 3.05) is 26.3 Å². The van der Waals surface area contributed by atoms with Crippen LogP contribution in [0, 0.1) is 22.9 Å². The first kappa shape index (κ1) is 23.0. The van der Waals surface area contributed by atoms with Gasteiger partial charge in [-0.25, -0.2) is 21.6 Å². The van der Waals surface area contributed by atoms with E-state index in [0.717, 1.165) is 23.6 Å². The molecule has 2 heterocycles. The van der Waals surface area contributed by atoms with E-state index in [2.05, 4.69) is 0 Å². The fourth-order valence-corrected chi connectivity index (χ4v) is 5.67. The first-order valence-electron chi connectivity index (χ1n) is 10.1. The lowest BCUT2D eigenvalue weighted by molar-refractivity contribution is -0.162. The second kappa shape index (κ2) is 9.23. The van der Waals surface area contributed by atoms with Crippen LogP contribution in [0.5, 0.6) is 0 Å². The van der Waals surface area contributed by atoms with Crippen LogP contribution in [-0.2, 0) is 24.3 Å². The van der Waals surface area contributed by atoms with Gasteiger partial charge in [0, 0.05) is 25.8 Å². The minimum Gasteiger partial charge on any atom is -0.466 e. The van der Waals surface area contributed by atoms with Gasteiger partial charge in [-0.3, -0.25) is 4.79 Å². The Labute approximate surface area is 174 Å². The van der Waals surface area contributed by atoms with Crippen LogP contribution in [-0.4, -0.2) is 51.1 Å². The average molecular weight is 449 g/mol. The number of sulfonamides is 1. The van der Waals surface area contributed by atoms with E-state index in [0.29, 0.717) is 19.1 Å². The molecule has 0 aliphatic carbocycles. The van der Waals surface area contributed by atoms with Gasteiger partial charge in [0.15, 0.2) is 11.6 Å². The Morgan fingerprint density at radius 2 is 1.83 bits per heavy atom. The Morgan fingerprint density at radius 1 is 1.17 bits per heavy atom. The Kier molecular flexibility index (Phi) is 7.09. The molecule has 0 amide bonds. The van der Waals surface area contributed by atoms with Crippen LogP contribution in [0.1, 0.15) is 45.4 Å². The van der Waals surface area contributed by atoms with Gasteiger partial charge in [-0.2, -0.15) is 4.31 Å². The highest BCUT2D eigenvalue weighted by molar-refractivity contribution is 7.89. The number of esters is 1. The summed E-state index contributed by atoms with van der Waals surface area (Å²) in [6, 6.07) is 0.568. The van der Waals surface area contributed by atoms with Crippen molar-refractivity contribution in [3.8, 4) is 0 Å².